The number of rotatable bonds is 2. The summed E-state index contributed by atoms with van der Waals surface area (Å²) in [7, 11) is 0. The van der Waals surface area contributed by atoms with E-state index in [1.807, 2.05) is 6.92 Å². The first-order valence-corrected chi connectivity index (χ1v) is 5.00. The van der Waals surface area contributed by atoms with Crippen LogP contribution in [-0.4, -0.2) is 29.7 Å². The van der Waals surface area contributed by atoms with Gasteiger partial charge in [-0.1, -0.05) is 6.92 Å². The summed E-state index contributed by atoms with van der Waals surface area (Å²) in [6.45, 7) is 7.94. The number of nitrogens with zero attached hydrogens (tertiary/aromatic N) is 1. The number of likely N-dealkylation sites (tertiary alicyclic amines) is 1. The van der Waals surface area contributed by atoms with Crippen LogP contribution >= 0.6 is 0 Å². The van der Waals surface area contributed by atoms with Gasteiger partial charge in [-0.15, -0.1) is 0 Å². The Morgan fingerprint density at radius 2 is 2.17 bits per heavy atom. The second kappa shape index (κ2) is 3.73. The van der Waals surface area contributed by atoms with Crippen LogP contribution in [-0.2, 0) is 0 Å². The molecule has 1 nitrogen and oxygen atoms in total. The predicted molar refractivity (Wildman–Crippen MR) is 50.1 cm³/mol. The molecule has 0 aliphatic carbocycles. The molecular weight excluding hydrogens is 153 g/mol. The molecule has 0 aromatic rings. The van der Waals surface area contributed by atoms with Crippen LogP contribution in [0.3, 0.4) is 0 Å². The largest absolute Gasteiger partial charge is 0.298 e. The number of hydrogen-bond acceptors (Lipinski definition) is 1. The van der Waals surface area contributed by atoms with Crippen molar-refractivity contribution in [2.75, 3.05) is 13.1 Å². The van der Waals surface area contributed by atoms with Crippen LogP contribution in [0.5, 0.6) is 0 Å². The Kier molecular flexibility index (Phi) is 3.10. The minimum atomic E-state index is -0.900. The molecular formula is C10H20FN. The fourth-order valence-electron chi connectivity index (χ4n) is 1.85. The highest BCUT2D eigenvalue weighted by Gasteiger charge is 2.34. The second-order valence-corrected chi connectivity index (χ2v) is 4.17. The lowest BCUT2D eigenvalue weighted by Crippen LogP contribution is -2.47. The number of hydrogen-bond donors (Lipinski definition) is 0. The lowest BCUT2D eigenvalue weighted by atomic mass is 9.91. The molecule has 0 aromatic carbocycles. The van der Waals surface area contributed by atoms with Crippen LogP contribution in [0.4, 0.5) is 4.39 Å². The van der Waals surface area contributed by atoms with Gasteiger partial charge < -0.3 is 0 Å². The van der Waals surface area contributed by atoms with Gasteiger partial charge in [0.25, 0.3) is 0 Å². The third-order valence-corrected chi connectivity index (χ3v) is 2.92. The van der Waals surface area contributed by atoms with Gasteiger partial charge >= 0.3 is 0 Å². The van der Waals surface area contributed by atoms with Crippen LogP contribution in [0, 0.1) is 0 Å². The summed E-state index contributed by atoms with van der Waals surface area (Å²) in [6.07, 6.45) is 2.44. The SMILES string of the molecule is CCC1(F)CCCN(C(C)C)C1. The molecule has 72 valence electrons. The van der Waals surface area contributed by atoms with E-state index in [9.17, 15) is 4.39 Å². The van der Waals surface area contributed by atoms with Gasteiger partial charge in [0.15, 0.2) is 0 Å². The number of piperidine rings is 1. The summed E-state index contributed by atoms with van der Waals surface area (Å²) in [6, 6.07) is 0.493. The summed E-state index contributed by atoms with van der Waals surface area (Å²) in [5.41, 5.74) is -0.900. The van der Waals surface area contributed by atoms with E-state index < -0.39 is 5.67 Å². The number of alkyl halides is 1. The Morgan fingerprint density at radius 1 is 1.50 bits per heavy atom. The summed E-state index contributed by atoms with van der Waals surface area (Å²) < 4.78 is 13.9. The summed E-state index contributed by atoms with van der Waals surface area (Å²) in [5, 5.41) is 0. The lowest BCUT2D eigenvalue weighted by molar-refractivity contribution is 0.0270. The standard InChI is InChI=1S/C10H20FN/c1-4-10(11)6-5-7-12(8-10)9(2)3/h9H,4-8H2,1-3H3. The highest BCUT2D eigenvalue weighted by molar-refractivity contribution is 4.87. The van der Waals surface area contributed by atoms with E-state index >= 15 is 0 Å². The molecule has 1 fully saturated rings. The third-order valence-electron chi connectivity index (χ3n) is 2.92. The molecule has 0 bridgehead atoms. The molecule has 2 heteroatoms. The average Bonchev–Trinajstić information content (AvgIpc) is 2.05. The van der Waals surface area contributed by atoms with Crippen LogP contribution in [0.2, 0.25) is 0 Å². The van der Waals surface area contributed by atoms with Crippen LogP contribution < -0.4 is 0 Å². The maximum Gasteiger partial charge on any atom is 0.123 e. The molecule has 1 heterocycles. The smallest absolute Gasteiger partial charge is 0.123 e. The number of halogens is 1. The van der Waals surface area contributed by atoms with Gasteiger partial charge in [-0.2, -0.15) is 0 Å². The third kappa shape index (κ3) is 2.19. The zero-order chi connectivity index (χ0) is 9.19. The van der Waals surface area contributed by atoms with Crippen molar-refractivity contribution in [1.82, 2.24) is 4.90 Å². The van der Waals surface area contributed by atoms with E-state index in [4.69, 9.17) is 0 Å². The van der Waals surface area contributed by atoms with Gasteiger partial charge in [-0.05, 0) is 39.7 Å². The highest BCUT2D eigenvalue weighted by atomic mass is 19.1. The zero-order valence-corrected chi connectivity index (χ0v) is 8.44. The maximum atomic E-state index is 13.9. The second-order valence-electron chi connectivity index (χ2n) is 4.17. The van der Waals surface area contributed by atoms with E-state index in [2.05, 4.69) is 18.7 Å². The summed E-state index contributed by atoms with van der Waals surface area (Å²) in [4.78, 5) is 2.24. The van der Waals surface area contributed by atoms with Gasteiger partial charge in [0.05, 0.1) is 0 Å². The van der Waals surface area contributed by atoms with Crippen LogP contribution in [0.25, 0.3) is 0 Å². The van der Waals surface area contributed by atoms with Gasteiger partial charge in [0.2, 0.25) is 0 Å². The molecule has 1 saturated heterocycles. The lowest BCUT2D eigenvalue weighted by Gasteiger charge is -2.39. The first-order valence-electron chi connectivity index (χ1n) is 5.00. The Hall–Kier alpha value is -0.110. The Morgan fingerprint density at radius 3 is 2.67 bits per heavy atom. The van der Waals surface area contributed by atoms with Crippen molar-refractivity contribution in [2.45, 2.75) is 51.7 Å². The van der Waals surface area contributed by atoms with Gasteiger partial charge in [-0.3, -0.25) is 4.90 Å². The molecule has 12 heavy (non-hydrogen) atoms. The minimum absolute atomic E-state index is 0.493. The molecule has 1 aliphatic rings. The molecule has 0 amide bonds. The van der Waals surface area contributed by atoms with Crippen molar-refractivity contribution in [2.24, 2.45) is 0 Å². The molecule has 0 saturated carbocycles. The van der Waals surface area contributed by atoms with Crippen molar-refractivity contribution < 1.29 is 4.39 Å². The van der Waals surface area contributed by atoms with Crippen molar-refractivity contribution in [3.63, 3.8) is 0 Å². The molecule has 0 radical (unpaired) electrons. The maximum absolute atomic E-state index is 13.9. The van der Waals surface area contributed by atoms with Crippen LogP contribution in [0.15, 0.2) is 0 Å². The highest BCUT2D eigenvalue weighted by Crippen LogP contribution is 2.29. The molecule has 0 spiro atoms. The summed E-state index contributed by atoms with van der Waals surface area (Å²) >= 11 is 0. The monoisotopic (exact) mass is 173 g/mol. The van der Waals surface area contributed by atoms with E-state index in [0.717, 1.165) is 19.4 Å². The first-order chi connectivity index (χ1) is 5.57. The first kappa shape index (κ1) is 9.97. The zero-order valence-electron chi connectivity index (χ0n) is 8.44. The normalized spacial score (nSPS) is 32.8. The quantitative estimate of drug-likeness (QED) is 0.620. The molecule has 1 aliphatic heterocycles. The van der Waals surface area contributed by atoms with Crippen molar-refractivity contribution >= 4 is 0 Å². The van der Waals surface area contributed by atoms with Crippen molar-refractivity contribution in [3.8, 4) is 0 Å². The topological polar surface area (TPSA) is 3.24 Å². The van der Waals surface area contributed by atoms with Crippen molar-refractivity contribution in [1.29, 1.82) is 0 Å². The fourth-order valence-corrected chi connectivity index (χ4v) is 1.85. The summed E-state index contributed by atoms with van der Waals surface area (Å²) in [5.74, 6) is 0. The minimum Gasteiger partial charge on any atom is -0.298 e. The Labute approximate surface area is 74.9 Å². The molecule has 1 atom stereocenters. The van der Waals surface area contributed by atoms with E-state index in [0.29, 0.717) is 19.0 Å². The average molecular weight is 173 g/mol. The fraction of sp³-hybridized carbons (Fsp3) is 1.00. The van der Waals surface area contributed by atoms with E-state index in [1.165, 1.54) is 0 Å². The molecule has 1 rings (SSSR count). The van der Waals surface area contributed by atoms with E-state index in [1.54, 1.807) is 0 Å². The van der Waals surface area contributed by atoms with Gasteiger partial charge in [-0.25, -0.2) is 4.39 Å². The molecule has 0 aromatic heterocycles. The molecule has 0 N–H and O–H groups in total. The molecule has 1 unspecified atom stereocenters. The predicted octanol–water partition coefficient (Wildman–Crippen LogP) is 2.61. The van der Waals surface area contributed by atoms with Crippen molar-refractivity contribution in [3.05, 3.63) is 0 Å². The van der Waals surface area contributed by atoms with Crippen LogP contribution in [0.1, 0.15) is 40.0 Å². The van der Waals surface area contributed by atoms with E-state index in [-0.39, 0.29) is 0 Å². The van der Waals surface area contributed by atoms with Gasteiger partial charge in [0, 0.05) is 12.6 Å². The Bertz CT molecular complexity index is 147. The van der Waals surface area contributed by atoms with Gasteiger partial charge in [0.1, 0.15) is 5.67 Å². The Balaban J connectivity index is 2.51.